The molecular formula is C20H34N2O6. The monoisotopic (exact) mass is 398 g/mol. The summed E-state index contributed by atoms with van der Waals surface area (Å²) in [6.45, 7) is 7.49. The van der Waals surface area contributed by atoms with E-state index in [0.717, 1.165) is 25.7 Å². The number of rotatable bonds is 5. The van der Waals surface area contributed by atoms with Crippen LogP contribution in [0.15, 0.2) is 0 Å². The number of ether oxygens (including phenoxy) is 3. The summed E-state index contributed by atoms with van der Waals surface area (Å²) in [5.41, 5.74) is -0.548. The molecule has 5 fully saturated rings. The molecule has 2 bridgehead atoms. The largest absolute Gasteiger partial charge is 0.352 e. The zero-order chi connectivity index (χ0) is 19.9. The van der Waals surface area contributed by atoms with Crippen LogP contribution in [0, 0.1) is 23.7 Å². The van der Waals surface area contributed by atoms with Gasteiger partial charge in [0, 0.05) is 31.8 Å². The van der Waals surface area contributed by atoms with Crippen LogP contribution in [0.1, 0.15) is 52.9 Å². The van der Waals surface area contributed by atoms with Gasteiger partial charge in [0.05, 0.1) is 6.61 Å². The van der Waals surface area contributed by atoms with Gasteiger partial charge in [0.25, 0.3) is 0 Å². The summed E-state index contributed by atoms with van der Waals surface area (Å²) in [6, 6.07) is -0.181. The summed E-state index contributed by atoms with van der Waals surface area (Å²) in [7, 11) is 1.60. The minimum Gasteiger partial charge on any atom is -0.352 e. The van der Waals surface area contributed by atoms with Gasteiger partial charge in [0.15, 0.2) is 18.2 Å². The third-order valence-electron chi connectivity index (χ3n) is 7.21. The summed E-state index contributed by atoms with van der Waals surface area (Å²) in [5.74, 6) is 0.591. The highest BCUT2D eigenvalue weighted by Gasteiger charge is 2.69. The van der Waals surface area contributed by atoms with Crippen molar-refractivity contribution < 1.29 is 28.8 Å². The smallest absolute Gasteiger partial charge is 0.314 e. The van der Waals surface area contributed by atoms with Crippen LogP contribution in [0.2, 0.25) is 0 Å². The molecular weight excluding hydrogens is 364 g/mol. The number of carbonyl (C=O) groups is 1. The second kappa shape index (κ2) is 7.72. The molecule has 1 saturated carbocycles. The van der Waals surface area contributed by atoms with E-state index in [0.29, 0.717) is 25.0 Å². The second-order valence-corrected chi connectivity index (χ2v) is 9.00. The lowest BCUT2D eigenvalue weighted by molar-refractivity contribution is -0.577. The van der Waals surface area contributed by atoms with E-state index in [1.54, 1.807) is 7.05 Å². The Morgan fingerprint density at radius 1 is 1.18 bits per heavy atom. The molecule has 2 N–H and O–H groups in total. The number of carbonyl (C=O) groups excluding carboxylic acids is 1. The maximum Gasteiger partial charge on any atom is 0.314 e. The Bertz CT molecular complexity index is 591. The Morgan fingerprint density at radius 3 is 2.79 bits per heavy atom. The first-order valence-electron chi connectivity index (χ1n) is 10.7. The molecule has 4 aliphatic heterocycles. The molecule has 0 aromatic heterocycles. The summed E-state index contributed by atoms with van der Waals surface area (Å²) < 4.78 is 18.8. The molecule has 28 heavy (non-hydrogen) atoms. The molecule has 0 aromatic carbocycles. The van der Waals surface area contributed by atoms with Crippen LogP contribution in [-0.4, -0.2) is 50.2 Å². The summed E-state index contributed by atoms with van der Waals surface area (Å²) in [5, 5.41) is 5.31. The van der Waals surface area contributed by atoms with Crippen LogP contribution < -0.4 is 10.6 Å². The molecule has 8 atom stereocenters. The molecule has 0 aromatic rings. The SMILES string of the molecule is CNC(=O)NCCCO[C@@H]1O[C@@H]2O[C@]3(C)CC[C@H]4[C@H](C)CC[C@@H]([C@H]1C)[C@@]24OO3. The van der Waals surface area contributed by atoms with Crippen molar-refractivity contribution in [2.75, 3.05) is 20.2 Å². The fourth-order valence-corrected chi connectivity index (χ4v) is 5.62. The number of hydrogen-bond donors (Lipinski definition) is 2. The summed E-state index contributed by atoms with van der Waals surface area (Å²) >= 11 is 0. The number of nitrogens with one attached hydrogen (secondary N) is 2. The predicted octanol–water partition coefficient (Wildman–Crippen LogP) is 2.53. The maximum absolute atomic E-state index is 11.2. The molecule has 8 heteroatoms. The van der Waals surface area contributed by atoms with Crippen LogP contribution in [0.5, 0.6) is 0 Å². The lowest BCUT2D eigenvalue weighted by Crippen LogP contribution is -2.70. The highest BCUT2D eigenvalue weighted by molar-refractivity contribution is 5.73. The van der Waals surface area contributed by atoms with Crippen molar-refractivity contribution >= 4 is 6.03 Å². The zero-order valence-corrected chi connectivity index (χ0v) is 17.4. The molecule has 4 heterocycles. The summed E-state index contributed by atoms with van der Waals surface area (Å²) in [6.07, 6.45) is 3.96. The molecule has 1 aliphatic carbocycles. The van der Waals surface area contributed by atoms with E-state index in [1.165, 1.54) is 6.42 Å². The van der Waals surface area contributed by atoms with Gasteiger partial charge in [-0.1, -0.05) is 13.8 Å². The molecule has 1 spiro atoms. The number of urea groups is 1. The van der Waals surface area contributed by atoms with Gasteiger partial charge in [-0.15, -0.1) is 0 Å². The maximum atomic E-state index is 11.2. The minimum absolute atomic E-state index is 0.174. The lowest BCUT2D eigenvalue weighted by Gasteiger charge is -2.60. The van der Waals surface area contributed by atoms with Crippen molar-refractivity contribution in [1.82, 2.24) is 10.6 Å². The molecule has 4 saturated heterocycles. The Labute approximate surface area is 166 Å². The van der Waals surface area contributed by atoms with Crippen molar-refractivity contribution in [3.63, 3.8) is 0 Å². The topological polar surface area (TPSA) is 87.3 Å². The fourth-order valence-electron chi connectivity index (χ4n) is 5.62. The van der Waals surface area contributed by atoms with Crippen LogP contribution in [0.3, 0.4) is 0 Å². The number of amides is 2. The Morgan fingerprint density at radius 2 is 2.00 bits per heavy atom. The second-order valence-electron chi connectivity index (χ2n) is 9.00. The first-order valence-corrected chi connectivity index (χ1v) is 10.7. The van der Waals surface area contributed by atoms with E-state index in [9.17, 15) is 4.79 Å². The van der Waals surface area contributed by atoms with Crippen LogP contribution in [-0.2, 0) is 24.0 Å². The van der Waals surface area contributed by atoms with E-state index >= 15 is 0 Å². The Balaban J connectivity index is 1.45. The Hall–Kier alpha value is -0.930. The number of fused-ring (bicyclic) bond motifs is 2. The average molecular weight is 399 g/mol. The highest BCUT2D eigenvalue weighted by atomic mass is 17.3. The van der Waals surface area contributed by atoms with E-state index in [2.05, 4.69) is 24.5 Å². The number of hydrogen-bond acceptors (Lipinski definition) is 6. The quantitative estimate of drug-likeness (QED) is 0.547. The Kier molecular flexibility index (Phi) is 5.61. The van der Waals surface area contributed by atoms with Crippen LogP contribution in [0.25, 0.3) is 0 Å². The first kappa shape index (κ1) is 20.3. The first-order chi connectivity index (χ1) is 13.4. The normalized spacial score (nSPS) is 47.1. The molecule has 5 aliphatic rings. The van der Waals surface area contributed by atoms with Gasteiger partial charge in [0.2, 0.25) is 5.79 Å². The van der Waals surface area contributed by atoms with Crippen molar-refractivity contribution in [2.45, 2.75) is 76.8 Å². The van der Waals surface area contributed by atoms with Gasteiger partial charge in [-0.3, -0.25) is 0 Å². The third kappa shape index (κ3) is 3.33. The molecule has 5 rings (SSSR count). The van der Waals surface area contributed by atoms with Gasteiger partial charge in [-0.05, 0) is 44.4 Å². The van der Waals surface area contributed by atoms with Gasteiger partial charge in [-0.2, -0.15) is 0 Å². The van der Waals surface area contributed by atoms with Crippen molar-refractivity contribution in [3.05, 3.63) is 0 Å². The third-order valence-corrected chi connectivity index (χ3v) is 7.21. The van der Waals surface area contributed by atoms with E-state index < -0.39 is 17.7 Å². The highest BCUT2D eigenvalue weighted by Crippen LogP contribution is 2.60. The van der Waals surface area contributed by atoms with E-state index in [1.807, 2.05) is 6.92 Å². The zero-order valence-electron chi connectivity index (χ0n) is 17.4. The van der Waals surface area contributed by atoms with Crippen molar-refractivity contribution in [1.29, 1.82) is 0 Å². The lowest BCUT2D eigenvalue weighted by atomic mass is 9.58. The van der Waals surface area contributed by atoms with Gasteiger partial charge in [0.1, 0.15) is 0 Å². The van der Waals surface area contributed by atoms with E-state index in [4.69, 9.17) is 24.0 Å². The molecule has 8 nitrogen and oxygen atoms in total. The van der Waals surface area contributed by atoms with Crippen LogP contribution >= 0.6 is 0 Å². The molecule has 160 valence electrons. The van der Waals surface area contributed by atoms with Gasteiger partial charge >= 0.3 is 6.03 Å². The van der Waals surface area contributed by atoms with E-state index in [-0.39, 0.29) is 24.2 Å². The van der Waals surface area contributed by atoms with Crippen LogP contribution in [0.4, 0.5) is 4.79 Å². The van der Waals surface area contributed by atoms with Gasteiger partial charge in [-0.25, -0.2) is 14.6 Å². The molecule has 2 amide bonds. The predicted molar refractivity (Wildman–Crippen MR) is 99.9 cm³/mol. The van der Waals surface area contributed by atoms with Crippen molar-refractivity contribution in [3.8, 4) is 0 Å². The fraction of sp³-hybridized carbons (Fsp3) is 0.950. The van der Waals surface area contributed by atoms with Crippen molar-refractivity contribution in [2.24, 2.45) is 23.7 Å². The standard InChI is InChI=1S/C20H34N2O6/c1-12-6-7-15-13(2)16(24-11-5-10-22-18(23)21-4)25-17-20(15)14(12)8-9-19(3,26-17)27-28-20/h12-17H,5-11H2,1-4H3,(H2,21,22,23)/t12-,13-,14+,15+,16-,17-,19+,20-/m1/s1. The summed E-state index contributed by atoms with van der Waals surface area (Å²) in [4.78, 5) is 23.2. The molecule has 0 unspecified atom stereocenters. The van der Waals surface area contributed by atoms with Gasteiger partial charge < -0.3 is 24.8 Å². The molecule has 0 radical (unpaired) electrons. The average Bonchev–Trinajstić information content (AvgIpc) is 2.91. The minimum atomic E-state index is -0.764.